The largest absolute Gasteiger partial charge is 0.493 e. The van der Waals surface area contributed by atoms with Crippen LogP contribution in [0.3, 0.4) is 0 Å². The Labute approximate surface area is 122 Å². The molecule has 0 saturated carbocycles. The molecule has 21 heavy (non-hydrogen) atoms. The molecule has 1 N–H and O–H groups in total. The summed E-state index contributed by atoms with van der Waals surface area (Å²) in [6, 6.07) is 11.8. The lowest BCUT2D eigenvalue weighted by Gasteiger charge is -2.30. The van der Waals surface area contributed by atoms with E-state index in [1.807, 2.05) is 31.2 Å². The highest BCUT2D eigenvalue weighted by Crippen LogP contribution is 2.43. The summed E-state index contributed by atoms with van der Waals surface area (Å²) in [5.74, 6) is 0.752. The number of para-hydroxylation sites is 1. The minimum atomic E-state index is -0.672. The van der Waals surface area contributed by atoms with Crippen LogP contribution in [0, 0.1) is 5.82 Å². The second-order valence-corrected chi connectivity index (χ2v) is 5.01. The van der Waals surface area contributed by atoms with Crippen LogP contribution >= 0.6 is 0 Å². The van der Waals surface area contributed by atoms with Crippen LogP contribution in [-0.4, -0.2) is 11.7 Å². The predicted octanol–water partition coefficient (Wildman–Crippen LogP) is 3.78. The number of aliphatic hydroxyl groups excluding tert-OH is 1. The van der Waals surface area contributed by atoms with Crippen LogP contribution in [-0.2, 0) is 0 Å². The molecule has 3 nitrogen and oxygen atoms in total. The van der Waals surface area contributed by atoms with Crippen molar-refractivity contribution >= 4 is 0 Å². The second-order valence-electron chi connectivity index (χ2n) is 5.01. The van der Waals surface area contributed by atoms with E-state index in [0.717, 1.165) is 11.3 Å². The van der Waals surface area contributed by atoms with Crippen LogP contribution in [0.5, 0.6) is 11.5 Å². The van der Waals surface area contributed by atoms with Gasteiger partial charge in [0, 0.05) is 23.6 Å². The van der Waals surface area contributed by atoms with Crippen molar-refractivity contribution in [2.45, 2.75) is 25.6 Å². The first-order chi connectivity index (χ1) is 10.2. The van der Waals surface area contributed by atoms with Gasteiger partial charge in [0.2, 0.25) is 0 Å². The number of hydrogen-bond acceptors (Lipinski definition) is 3. The molecule has 1 aliphatic heterocycles. The van der Waals surface area contributed by atoms with E-state index >= 15 is 0 Å². The van der Waals surface area contributed by atoms with Gasteiger partial charge in [-0.15, -0.1) is 0 Å². The van der Waals surface area contributed by atoms with Crippen molar-refractivity contribution in [3.63, 3.8) is 0 Å². The van der Waals surface area contributed by atoms with Crippen LogP contribution in [0.4, 0.5) is 4.39 Å². The van der Waals surface area contributed by atoms with Gasteiger partial charge in [-0.1, -0.05) is 18.2 Å². The number of fused-ring (bicyclic) bond motifs is 1. The molecule has 0 fully saturated rings. The summed E-state index contributed by atoms with van der Waals surface area (Å²) in [7, 11) is 0. The molecular formula is C17H17FO3. The maximum Gasteiger partial charge on any atom is 0.130 e. The number of ether oxygens (including phenoxy) is 2. The maximum absolute atomic E-state index is 13.4. The molecule has 0 saturated heterocycles. The lowest BCUT2D eigenvalue weighted by atomic mass is 9.94. The molecule has 2 aromatic rings. The highest BCUT2D eigenvalue weighted by Gasteiger charge is 2.30. The van der Waals surface area contributed by atoms with E-state index in [0.29, 0.717) is 24.3 Å². The quantitative estimate of drug-likeness (QED) is 0.934. The third-order valence-corrected chi connectivity index (χ3v) is 3.61. The lowest BCUT2D eigenvalue weighted by Crippen LogP contribution is -2.19. The number of aliphatic hydroxyl groups is 1. The van der Waals surface area contributed by atoms with Gasteiger partial charge in [0.15, 0.2) is 0 Å². The lowest BCUT2D eigenvalue weighted by molar-refractivity contribution is 0.0639. The third kappa shape index (κ3) is 2.72. The molecule has 110 valence electrons. The molecule has 0 amide bonds. The summed E-state index contributed by atoms with van der Waals surface area (Å²) < 4.78 is 24.8. The van der Waals surface area contributed by atoms with Crippen molar-refractivity contribution in [1.29, 1.82) is 0 Å². The summed E-state index contributed by atoms with van der Waals surface area (Å²) in [5, 5.41) is 10.3. The second kappa shape index (κ2) is 5.74. The molecule has 0 aliphatic carbocycles. The van der Waals surface area contributed by atoms with Crippen molar-refractivity contribution in [2.24, 2.45) is 0 Å². The predicted molar refractivity (Wildman–Crippen MR) is 77.0 cm³/mol. The molecule has 1 heterocycles. The first-order valence-corrected chi connectivity index (χ1v) is 7.05. The number of halogens is 1. The van der Waals surface area contributed by atoms with E-state index in [1.165, 1.54) is 12.1 Å². The first kappa shape index (κ1) is 13.9. The Bertz CT molecular complexity index is 642. The smallest absolute Gasteiger partial charge is 0.130 e. The normalized spacial score (nSPS) is 20.5. The van der Waals surface area contributed by atoms with Gasteiger partial charge in [0.05, 0.1) is 12.7 Å². The average molecular weight is 288 g/mol. The molecule has 4 heteroatoms. The van der Waals surface area contributed by atoms with Gasteiger partial charge < -0.3 is 14.6 Å². The summed E-state index contributed by atoms with van der Waals surface area (Å²) in [5.41, 5.74) is 1.50. The van der Waals surface area contributed by atoms with Crippen LogP contribution in [0.1, 0.15) is 36.7 Å². The fourth-order valence-electron chi connectivity index (χ4n) is 2.64. The van der Waals surface area contributed by atoms with Crippen molar-refractivity contribution in [3.8, 4) is 11.5 Å². The summed E-state index contributed by atoms with van der Waals surface area (Å²) >= 11 is 0. The van der Waals surface area contributed by atoms with Crippen LogP contribution < -0.4 is 9.47 Å². The Morgan fingerprint density at radius 2 is 2.05 bits per heavy atom. The summed E-state index contributed by atoms with van der Waals surface area (Å²) in [6.07, 6.45) is -0.603. The highest BCUT2D eigenvalue weighted by atomic mass is 19.1. The van der Waals surface area contributed by atoms with Crippen molar-refractivity contribution in [2.75, 3.05) is 6.61 Å². The van der Waals surface area contributed by atoms with Crippen molar-refractivity contribution in [3.05, 3.63) is 59.4 Å². The van der Waals surface area contributed by atoms with Crippen LogP contribution in [0.2, 0.25) is 0 Å². The van der Waals surface area contributed by atoms with Crippen LogP contribution in [0.15, 0.2) is 42.5 Å². The maximum atomic E-state index is 13.4. The monoisotopic (exact) mass is 288 g/mol. The Morgan fingerprint density at radius 3 is 2.86 bits per heavy atom. The molecule has 0 aromatic heterocycles. The molecule has 1 aliphatic rings. The van der Waals surface area contributed by atoms with Gasteiger partial charge in [-0.25, -0.2) is 4.39 Å². The zero-order valence-corrected chi connectivity index (χ0v) is 11.8. The fourth-order valence-corrected chi connectivity index (χ4v) is 2.64. The van der Waals surface area contributed by atoms with E-state index in [1.54, 1.807) is 6.07 Å². The van der Waals surface area contributed by atoms with Crippen molar-refractivity contribution in [1.82, 2.24) is 0 Å². The molecule has 1 unspecified atom stereocenters. The molecule has 0 bridgehead atoms. The van der Waals surface area contributed by atoms with Gasteiger partial charge >= 0.3 is 0 Å². The average Bonchev–Trinajstić information content (AvgIpc) is 2.47. The van der Waals surface area contributed by atoms with Gasteiger partial charge in [-0.05, 0) is 25.1 Å². The summed E-state index contributed by atoms with van der Waals surface area (Å²) in [4.78, 5) is 0. The fraction of sp³-hybridized carbons (Fsp3) is 0.294. The third-order valence-electron chi connectivity index (χ3n) is 3.61. The van der Waals surface area contributed by atoms with Gasteiger partial charge in [-0.2, -0.15) is 0 Å². The standard InChI is InChI=1S/C17H17FO3/c1-2-20-15-6-4-3-5-13(15)17-10-14(19)12-8-7-11(18)9-16(12)21-17/h3-9,14,17,19H,2,10H2,1H3/t14-,17?/m1/s1. The Balaban J connectivity index is 1.95. The zero-order valence-electron chi connectivity index (χ0n) is 11.8. The number of rotatable bonds is 3. The Kier molecular flexibility index (Phi) is 3.80. The SMILES string of the molecule is CCOc1ccccc1C1C[C@@H](O)c2ccc(F)cc2O1. The van der Waals surface area contributed by atoms with E-state index in [4.69, 9.17) is 9.47 Å². The van der Waals surface area contributed by atoms with E-state index < -0.39 is 6.10 Å². The Hall–Kier alpha value is -2.07. The van der Waals surface area contributed by atoms with Crippen molar-refractivity contribution < 1.29 is 19.0 Å². The molecule has 2 atom stereocenters. The minimum absolute atomic E-state index is 0.350. The molecule has 2 aromatic carbocycles. The van der Waals surface area contributed by atoms with Gasteiger partial charge in [0.25, 0.3) is 0 Å². The number of benzene rings is 2. The highest BCUT2D eigenvalue weighted by molar-refractivity contribution is 5.42. The van der Waals surface area contributed by atoms with E-state index in [2.05, 4.69) is 0 Å². The Morgan fingerprint density at radius 1 is 1.24 bits per heavy atom. The molecule has 0 spiro atoms. The topological polar surface area (TPSA) is 38.7 Å². The summed E-state index contributed by atoms with van der Waals surface area (Å²) in [6.45, 7) is 2.47. The zero-order chi connectivity index (χ0) is 14.8. The van der Waals surface area contributed by atoms with Crippen LogP contribution in [0.25, 0.3) is 0 Å². The minimum Gasteiger partial charge on any atom is -0.493 e. The number of hydrogen-bond donors (Lipinski definition) is 1. The first-order valence-electron chi connectivity index (χ1n) is 7.05. The molecular weight excluding hydrogens is 271 g/mol. The van der Waals surface area contributed by atoms with E-state index in [-0.39, 0.29) is 11.9 Å². The van der Waals surface area contributed by atoms with Gasteiger partial charge in [-0.3, -0.25) is 0 Å². The molecule has 0 radical (unpaired) electrons. The molecule has 3 rings (SSSR count). The van der Waals surface area contributed by atoms with Gasteiger partial charge in [0.1, 0.15) is 23.4 Å². The van der Waals surface area contributed by atoms with E-state index in [9.17, 15) is 9.50 Å².